The molecule has 0 bridgehead atoms. The monoisotopic (exact) mass is 504 g/mol. The number of carbonyl (C=O) groups excluding carboxylic acids is 2. The minimum absolute atomic E-state index is 0.0328. The lowest BCUT2D eigenvalue weighted by Gasteiger charge is -2.10. The number of phenols is 1. The normalized spacial score (nSPS) is 12.3. The maximum absolute atomic E-state index is 13.0. The highest BCUT2D eigenvalue weighted by atomic mass is 16.7. The summed E-state index contributed by atoms with van der Waals surface area (Å²) in [5, 5.41) is 27.7. The third kappa shape index (κ3) is 5.65. The Kier molecular flexibility index (Phi) is 7.29. The van der Waals surface area contributed by atoms with Gasteiger partial charge in [0.2, 0.25) is 12.5 Å². The lowest BCUT2D eigenvalue weighted by Crippen LogP contribution is -2.32. The standard InChI is InChI=1S/C25H20N4O8/c1-35-23-19(30)9-8-17(22(23)29(33)34)13-26-28-25(32)18(27-24(31)16-5-3-2-4-6-16)11-15-7-10-20-21(12-15)37-14-36-20/h2-13,30H,14H2,1H3,(H,27,31)(H,28,32). The third-order valence-corrected chi connectivity index (χ3v) is 5.13. The number of fused-ring (bicyclic) bond motifs is 1. The van der Waals surface area contributed by atoms with Crippen LogP contribution in [0.3, 0.4) is 0 Å². The molecule has 0 saturated carbocycles. The molecule has 0 saturated heterocycles. The van der Waals surface area contributed by atoms with Crippen LogP contribution >= 0.6 is 0 Å². The van der Waals surface area contributed by atoms with Crippen molar-refractivity contribution >= 4 is 29.8 Å². The number of benzene rings is 3. The first-order valence-electron chi connectivity index (χ1n) is 10.7. The number of nitro benzene ring substituents is 1. The van der Waals surface area contributed by atoms with Crippen LogP contribution in [0.4, 0.5) is 5.69 Å². The van der Waals surface area contributed by atoms with Crippen LogP contribution in [0.5, 0.6) is 23.0 Å². The molecule has 0 radical (unpaired) electrons. The maximum atomic E-state index is 13.0. The van der Waals surface area contributed by atoms with E-state index in [4.69, 9.17) is 14.2 Å². The molecule has 3 aromatic carbocycles. The number of methoxy groups -OCH3 is 1. The first kappa shape index (κ1) is 24.7. The van der Waals surface area contributed by atoms with Gasteiger partial charge in [-0.25, -0.2) is 5.43 Å². The Morgan fingerprint density at radius 3 is 2.59 bits per heavy atom. The molecule has 3 N–H and O–H groups in total. The average molecular weight is 504 g/mol. The molecule has 37 heavy (non-hydrogen) atoms. The van der Waals surface area contributed by atoms with Crippen LogP contribution in [0, 0.1) is 10.1 Å². The summed E-state index contributed by atoms with van der Waals surface area (Å²) in [5.74, 6) is -1.08. The second kappa shape index (κ2) is 10.9. The zero-order valence-electron chi connectivity index (χ0n) is 19.3. The fourth-order valence-corrected chi connectivity index (χ4v) is 3.40. The van der Waals surface area contributed by atoms with Crippen molar-refractivity contribution < 1.29 is 33.8 Å². The van der Waals surface area contributed by atoms with Crippen molar-refractivity contribution in [3.63, 3.8) is 0 Å². The van der Waals surface area contributed by atoms with Gasteiger partial charge in [0.05, 0.1) is 23.8 Å². The summed E-state index contributed by atoms with van der Waals surface area (Å²) in [5.41, 5.74) is 2.38. The SMILES string of the molecule is COc1c(O)ccc(C=NNC(=O)C(=Cc2ccc3c(c2)OCO3)NC(=O)c2ccccc2)c1[N+](=O)[O-]. The molecular weight excluding hydrogens is 484 g/mol. The molecule has 12 heteroatoms. The highest BCUT2D eigenvalue weighted by molar-refractivity contribution is 6.05. The van der Waals surface area contributed by atoms with Gasteiger partial charge in [-0.1, -0.05) is 24.3 Å². The van der Waals surface area contributed by atoms with Gasteiger partial charge in [0, 0.05) is 5.56 Å². The van der Waals surface area contributed by atoms with E-state index in [2.05, 4.69) is 15.8 Å². The van der Waals surface area contributed by atoms with E-state index in [0.717, 1.165) is 6.21 Å². The van der Waals surface area contributed by atoms with E-state index in [-0.39, 0.29) is 23.8 Å². The number of nitrogens with zero attached hydrogens (tertiary/aromatic N) is 2. The predicted molar refractivity (Wildman–Crippen MR) is 132 cm³/mol. The van der Waals surface area contributed by atoms with E-state index in [1.807, 2.05) is 0 Å². The van der Waals surface area contributed by atoms with Gasteiger partial charge in [-0.2, -0.15) is 5.10 Å². The van der Waals surface area contributed by atoms with Crippen LogP contribution in [0.25, 0.3) is 6.08 Å². The number of rotatable bonds is 8. The van der Waals surface area contributed by atoms with Crippen molar-refractivity contribution in [2.45, 2.75) is 0 Å². The quantitative estimate of drug-likeness (QED) is 0.183. The smallest absolute Gasteiger partial charge is 0.323 e. The van der Waals surface area contributed by atoms with Gasteiger partial charge < -0.3 is 24.6 Å². The number of aromatic hydroxyl groups is 1. The summed E-state index contributed by atoms with van der Waals surface area (Å²) in [6, 6.07) is 15.7. The molecule has 1 aliphatic heterocycles. The number of hydrogen-bond acceptors (Lipinski definition) is 9. The number of hydrogen-bond donors (Lipinski definition) is 3. The van der Waals surface area contributed by atoms with Gasteiger partial charge in [-0.05, 0) is 48.0 Å². The number of carbonyl (C=O) groups is 2. The number of nitro groups is 1. The Morgan fingerprint density at radius 2 is 1.86 bits per heavy atom. The second-order valence-electron chi connectivity index (χ2n) is 7.50. The molecule has 1 heterocycles. The molecular formula is C25H20N4O8. The number of nitrogens with one attached hydrogen (secondary N) is 2. The Morgan fingerprint density at radius 1 is 1.11 bits per heavy atom. The van der Waals surface area contributed by atoms with Crippen molar-refractivity contribution in [1.29, 1.82) is 0 Å². The van der Waals surface area contributed by atoms with E-state index in [1.54, 1.807) is 48.5 Å². The van der Waals surface area contributed by atoms with E-state index in [0.29, 0.717) is 22.6 Å². The Hall–Kier alpha value is -5.39. The maximum Gasteiger partial charge on any atom is 0.323 e. The molecule has 4 rings (SSSR count). The molecule has 188 valence electrons. The van der Waals surface area contributed by atoms with Gasteiger partial charge in [0.25, 0.3) is 11.8 Å². The second-order valence-corrected chi connectivity index (χ2v) is 7.50. The highest BCUT2D eigenvalue weighted by Gasteiger charge is 2.23. The van der Waals surface area contributed by atoms with Gasteiger partial charge in [0.15, 0.2) is 17.2 Å². The molecule has 3 aromatic rings. The summed E-state index contributed by atoms with van der Waals surface area (Å²) in [6.07, 6.45) is 2.44. The fraction of sp³-hybridized carbons (Fsp3) is 0.0800. The average Bonchev–Trinajstić information content (AvgIpc) is 3.37. The van der Waals surface area contributed by atoms with Crippen LogP contribution in [-0.4, -0.2) is 42.0 Å². The lowest BCUT2D eigenvalue weighted by molar-refractivity contribution is -0.386. The topological polar surface area (TPSA) is 162 Å². The highest BCUT2D eigenvalue weighted by Crippen LogP contribution is 2.38. The number of phenolic OH excluding ortho intramolecular Hbond substituents is 1. The minimum atomic E-state index is -0.799. The van der Waals surface area contributed by atoms with Gasteiger partial charge >= 0.3 is 5.69 Å². The summed E-state index contributed by atoms with van der Waals surface area (Å²) in [6.45, 7) is 0.0729. The van der Waals surface area contributed by atoms with Crippen molar-refractivity contribution in [2.24, 2.45) is 5.10 Å². The van der Waals surface area contributed by atoms with Crippen molar-refractivity contribution in [3.8, 4) is 23.0 Å². The summed E-state index contributed by atoms with van der Waals surface area (Å²) >= 11 is 0. The van der Waals surface area contributed by atoms with Crippen molar-refractivity contribution in [3.05, 3.63) is 93.2 Å². The number of amides is 2. The molecule has 1 aliphatic rings. The van der Waals surface area contributed by atoms with E-state index in [9.17, 15) is 24.8 Å². The van der Waals surface area contributed by atoms with Crippen molar-refractivity contribution in [2.75, 3.05) is 13.9 Å². The van der Waals surface area contributed by atoms with Crippen LogP contribution < -0.4 is 25.0 Å². The molecule has 12 nitrogen and oxygen atoms in total. The molecule has 0 spiro atoms. The lowest BCUT2D eigenvalue weighted by atomic mass is 10.1. The summed E-state index contributed by atoms with van der Waals surface area (Å²) in [4.78, 5) is 36.4. The van der Waals surface area contributed by atoms with E-state index < -0.39 is 28.2 Å². The predicted octanol–water partition coefficient (Wildman–Crippen LogP) is 2.96. The third-order valence-electron chi connectivity index (χ3n) is 5.13. The summed E-state index contributed by atoms with van der Waals surface area (Å²) in [7, 11) is 1.17. The molecule has 0 unspecified atom stereocenters. The molecule has 0 fully saturated rings. The Labute approximate surface area is 209 Å². The van der Waals surface area contributed by atoms with Crippen molar-refractivity contribution in [1.82, 2.24) is 10.7 Å². The molecule has 2 amide bonds. The molecule has 0 aromatic heterocycles. The Bertz CT molecular complexity index is 1420. The van der Waals surface area contributed by atoms with Gasteiger partial charge in [-0.3, -0.25) is 19.7 Å². The molecule has 0 atom stereocenters. The molecule has 0 aliphatic carbocycles. The van der Waals surface area contributed by atoms with Crippen LogP contribution in [0.1, 0.15) is 21.5 Å². The number of ether oxygens (including phenoxy) is 3. The largest absolute Gasteiger partial charge is 0.504 e. The van der Waals surface area contributed by atoms with Gasteiger partial charge in [-0.15, -0.1) is 0 Å². The van der Waals surface area contributed by atoms with Crippen LogP contribution in [0.2, 0.25) is 0 Å². The number of hydrazone groups is 1. The first-order chi connectivity index (χ1) is 17.9. The first-order valence-corrected chi connectivity index (χ1v) is 10.7. The van der Waals surface area contributed by atoms with Crippen LogP contribution in [-0.2, 0) is 4.79 Å². The van der Waals surface area contributed by atoms with E-state index >= 15 is 0 Å². The fourth-order valence-electron chi connectivity index (χ4n) is 3.40. The zero-order valence-corrected chi connectivity index (χ0v) is 19.3. The summed E-state index contributed by atoms with van der Waals surface area (Å²) < 4.78 is 15.6. The zero-order chi connectivity index (χ0) is 26.4. The minimum Gasteiger partial charge on any atom is -0.504 e. The van der Waals surface area contributed by atoms with Gasteiger partial charge in [0.1, 0.15) is 5.70 Å². The Balaban J connectivity index is 1.60. The van der Waals surface area contributed by atoms with Crippen LogP contribution in [0.15, 0.2) is 71.5 Å². The van der Waals surface area contributed by atoms with E-state index in [1.165, 1.54) is 25.3 Å².